The molecule has 2 aromatic rings. The van der Waals surface area contributed by atoms with Gasteiger partial charge in [-0.2, -0.15) is 0 Å². The molecule has 3 saturated heterocycles. The van der Waals surface area contributed by atoms with Crippen LogP contribution in [0.1, 0.15) is 85.6 Å². The Labute approximate surface area is 329 Å². The summed E-state index contributed by atoms with van der Waals surface area (Å²) in [5.41, 5.74) is 0.239. The number of pyridine rings is 1. The Bertz CT molecular complexity index is 1790. The molecular formula is C42H58N4O10. The summed E-state index contributed by atoms with van der Waals surface area (Å²) in [5.74, 6) is 0.247. The molecule has 7 rings (SSSR count). The highest BCUT2D eigenvalue weighted by molar-refractivity contribution is 5.91. The molecule has 1 aromatic heterocycles. The second kappa shape index (κ2) is 15.9. The van der Waals surface area contributed by atoms with Gasteiger partial charge in [-0.3, -0.25) is 4.79 Å². The zero-order valence-electron chi connectivity index (χ0n) is 33.8. The fraction of sp³-hybridized carbons (Fsp3) is 0.690. The number of likely N-dealkylation sites (tertiary alicyclic amines) is 1. The summed E-state index contributed by atoms with van der Waals surface area (Å²) >= 11 is 0. The van der Waals surface area contributed by atoms with Crippen LogP contribution in [0.4, 0.5) is 9.59 Å². The molecule has 2 unspecified atom stereocenters. The number of amides is 3. The number of nitrogens with one attached hydrogen (secondary N) is 1. The number of rotatable bonds is 3. The van der Waals surface area contributed by atoms with Gasteiger partial charge in [0.25, 0.3) is 0 Å². The molecule has 4 bridgehead atoms. The molecule has 1 N–H and O–H groups in total. The lowest BCUT2D eigenvalue weighted by molar-refractivity contribution is -0.152. The van der Waals surface area contributed by atoms with Crippen LogP contribution in [0.5, 0.6) is 11.6 Å². The molecule has 4 aliphatic heterocycles. The molecule has 1 saturated carbocycles. The molecule has 1 aromatic carbocycles. The van der Waals surface area contributed by atoms with E-state index in [0.29, 0.717) is 49.9 Å². The standard InChI is InChI=1S/C42H58N4O10/c1-41(2,3)35-37(47)46-21-27(18-31(46)38(48)51-7)53-36-29(15-10-8-9-13-24-17-32(24)54-39(49)44-35)34(28-14-11-12-16-30(28)43-36)55-33-25-19-45(20-26(33)23-52-22-25)40(50)56-42(4,5)6/h11-12,14,16,24-27,31-33,35H,8-10,13,15,17-23H2,1-7H3,(H,44,49)/t24-,25?,26?,27-,31+,32-,33?,35-/m1/s1. The lowest BCUT2D eigenvalue weighted by Crippen LogP contribution is -2.59. The number of benzene rings is 1. The number of ether oxygens (including phenoxy) is 6. The molecule has 7 atom stereocenters. The van der Waals surface area contributed by atoms with Crippen molar-refractivity contribution in [3.8, 4) is 11.6 Å². The predicted molar refractivity (Wildman–Crippen MR) is 205 cm³/mol. The van der Waals surface area contributed by atoms with Crippen molar-refractivity contribution in [1.29, 1.82) is 0 Å². The summed E-state index contributed by atoms with van der Waals surface area (Å²) in [6.45, 7) is 13.1. The van der Waals surface area contributed by atoms with E-state index in [1.54, 1.807) is 4.90 Å². The predicted octanol–water partition coefficient (Wildman–Crippen LogP) is 5.66. The number of methoxy groups -OCH3 is 1. The summed E-state index contributed by atoms with van der Waals surface area (Å²) in [6, 6.07) is 5.95. The van der Waals surface area contributed by atoms with Crippen LogP contribution in [0.3, 0.4) is 0 Å². The molecule has 14 heteroatoms. The first-order valence-corrected chi connectivity index (χ1v) is 20.3. The topological polar surface area (TPSA) is 155 Å². The van der Waals surface area contributed by atoms with E-state index in [9.17, 15) is 19.2 Å². The van der Waals surface area contributed by atoms with E-state index < -0.39 is 47.2 Å². The number of para-hydroxylation sites is 1. The molecule has 5 heterocycles. The highest BCUT2D eigenvalue weighted by atomic mass is 16.6. The Morgan fingerprint density at radius 1 is 0.911 bits per heavy atom. The van der Waals surface area contributed by atoms with Gasteiger partial charge in [-0.15, -0.1) is 0 Å². The van der Waals surface area contributed by atoms with Gasteiger partial charge in [0, 0.05) is 36.7 Å². The molecule has 0 radical (unpaired) electrons. The van der Waals surface area contributed by atoms with Crippen molar-refractivity contribution in [3.05, 3.63) is 29.8 Å². The lowest BCUT2D eigenvalue weighted by Gasteiger charge is -2.46. The second-order valence-electron chi connectivity index (χ2n) is 18.3. The molecule has 5 aliphatic rings. The molecular weight excluding hydrogens is 720 g/mol. The van der Waals surface area contributed by atoms with Gasteiger partial charge < -0.3 is 43.5 Å². The fourth-order valence-electron chi connectivity index (χ4n) is 8.66. The Kier molecular flexibility index (Phi) is 11.3. The van der Waals surface area contributed by atoms with E-state index in [0.717, 1.165) is 43.1 Å². The highest BCUT2D eigenvalue weighted by Gasteiger charge is 2.49. The van der Waals surface area contributed by atoms with Crippen molar-refractivity contribution in [2.24, 2.45) is 23.2 Å². The van der Waals surface area contributed by atoms with Gasteiger partial charge in [-0.05, 0) is 69.9 Å². The number of carbonyl (C=O) groups excluding carboxylic acids is 4. The minimum atomic E-state index is -0.962. The maximum absolute atomic E-state index is 14.4. The van der Waals surface area contributed by atoms with Crippen molar-refractivity contribution in [2.45, 2.75) is 122 Å². The maximum atomic E-state index is 14.4. The normalized spacial score (nSPS) is 30.1. The van der Waals surface area contributed by atoms with E-state index in [1.165, 1.54) is 12.0 Å². The third-order valence-corrected chi connectivity index (χ3v) is 11.6. The Morgan fingerprint density at radius 2 is 1.64 bits per heavy atom. The van der Waals surface area contributed by atoms with Crippen LogP contribution in [0.25, 0.3) is 10.9 Å². The van der Waals surface area contributed by atoms with Gasteiger partial charge >= 0.3 is 18.2 Å². The van der Waals surface area contributed by atoms with Gasteiger partial charge in [0.1, 0.15) is 41.7 Å². The Balaban J connectivity index is 1.23. The summed E-state index contributed by atoms with van der Waals surface area (Å²) in [6.07, 6.45) is 3.29. The van der Waals surface area contributed by atoms with Crippen molar-refractivity contribution >= 4 is 35.0 Å². The molecule has 14 nitrogen and oxygen atoms in total. The first kappa shape index (κ1) is 39.9. The first-order valence-electron chi connectivity index (χ1n) is 20.3. The van der Waals surface area contributed by atoms with Gasteiger partial charge in [-0.25, -0.2) is 19.4 Å². The summed E-state index contributed by atoms with van der Waals surface area (Å²) in [5, 5.41) is 3.70. The Morgan fingerprint density at radius 3 is 2.34 bits per heavy atom. The van der Waals surface area contributed by atoms with Crippen LogP contribution in [0.15, 0.2) is 24.3 Å². The molecule has 1 aliphatic carbocycles. The third kappa shape index (κ3) is 8.79. The number of nitrogens with zero attached hydrogens (tertiary/aromatic N) is 3. The molecule has 306 valence electrons. The SMILES string of the molecule is COC(=O)[C@@H]1C[C@@H]2CN1C(=O)[C@H](C(C)(C)C)NC(=O)O[C@@H]1C[C@H]1CCCCCc1c(nc3ccccc3c1OC1C3COCC1CN(C(=O)OC(C)(C)C)C3)O2. The lowest BCUT2D eigenvalue weighted by atomic mass is 9.84. The van der Waals surface area contributed by atoms with Crippen LogP contribution >= 0.6 is 0 Å². The summed E-state index contributed by atoms with van der Waals surface area (Å²) < 4.78 is 36.7. The van der Waals surface area contributed by atoms with Gasteiger partial charge in [0.2, 0.25) is 11.8 Å². The van der Waals surface area contributed by atoms with Crippen LogP contribution in [-0.4, -0.2) is 115 Å². The average Bonchev–Trinajstić information content (AvgIpc) is 3.72. The number of esters is 1. The second-order valence-corrected chi connectivity index (χ2v) is 18.3. The van der Waals surface area contributed by atoms with E-state index in [-0.39, 0.29) is 49.0 Å². The van der Waals surface area contributed by atoms with Gasteiger partial charge in [0.05, 0.1) is 37.9 Å². The zero-order chi connectivity index (χ0) is 39.9. The number of hydrogen-bond donors (Lipinski definition) is 1. The smallest absolute Gasteiger partial charge is 0.410 e. The number of piperidine rings is 1. The van der Waals surface area contributed by atoms with E-state index in [1.807, 2.05) is 65.8 Å². The van der Waals surface area contributed by atoms with Crippen molar-refractivity contribution in [2.75, 3.05) is 40.0 Å². The van der Waals surface area contributed by atoms with Crippen LogP contribution in [0.2, 0.25) is 0 Å². The average molecular weight is 779 g/mol. The highest BCUT2D eigenvalue weighted by Crippen LogP contribution is 2.43. The molecule has 3 amide bonds. The summed E-state index contributed by atoms with van der Waals surface area (Å²) in [7, 11) is 1.30. The largest absolute Gasteiger partial charge is 0.488 e. The van der Waals surface area contributed by atoms with E-state index >= 15 is 0 Å². The van der Waals surface area contributed by atoms with Crippen LogP contribution < -0.4 is 14.8 Å². The van der Waals surface area contributed by atoms with Crippen LogP contribution in [-0.2, 0) is 35.0 Å². The first-order chi connectivity index (χ1) is 26.6. The number of aromatic nitrogens is 1. The number of hydrogen-bond acceptors (Lipinski definition) is 11. The van der Waals surface area contributed by atoms with Crippen LogP contribution in [0, 0.1) is 23.2 Å². The van der Waals surface area contributed by atoms with Crippen molar-refractivity contribution in [3.63, 3.8) is 0 Å². The van der Waals surface area contributed by atoms with Gasteiger partial charge in [-0.1, -0.05) is 45.7 Å². The van der Waals surface area contributed by atoms with Crippen molar-refractivity contribution < 1.29 is 47.6 Å². The number of alkyl carbamates (subject to hydrolysis) is 1. The maximum Gasteiger partial charge on any atom is 0.410 e. The number of carbonyl (C=O) groups is 4. The molecule has 56 heavy (non-hydrogen) atoms. The number of fused-ring (bicyclic) bond motifs is 7. The van der Waals surface area contributed by atoms with E-state index in [4.69, 9.17) is 33.4 Å². The molecule has 4 fully saturated rings. The van der Waals surface area contributed by atoms with Crippen molar-refractivity contribution in [1.82, 2.24) is 20.1 Å². The minimum absolute atomic E-state index is 0.0847. The van der Waals surface area contributed by atoms with E-state index in [2.05, 4.69) is 5.32 Å². The monoisotopic (exact) mass is 778 g/mol. The minimum Gasteiger partial charge on any atom is -0.488 e. The van der Waals surface area contributed by atoms with Gasteiger partial charge in [0.15, 0.2) is 0 Å². The third-order valence-electron chi connectivity index (χ3n) is 11.6. The fourth-order valence-corrected chi connectivity index (χ4v) is 8.66. The zero-order valence-corrected chi connectivity index (χ0v) is 33.8. The quantitative estimate of drug-likeness (QED) is 0.303. The Hall–Kier alpha value is -4.33. The summed E-state index contributed by atoms with van der Waals surface area (Å²) in [4.78, 5) is 62.2. The molecule has 0 spiro atoms.